The van der Waals surface area contributed by atoms with Crippen LogP contribution in [0.5, 0.6) is 0 Å². The molecule has 4 heteroatoms. The van der Waals surface area contributed by atoms with Gasteiger partial charge in [-0.25, -0.2) is 4.39 Å². The third-order valence-corrected chi connectivity index (χ3v) is 2.21. The first kappa shape index (κ1) is 11.7. The number of rotatable bonds is 3. The fraction of sp³-hybridized carbons (Fsp3) is 0.182. The van der Waals surface area contributed by atoms with Gasteiger partial charge in [0.15, 0.2) is 5.83 Å². The molecule has 0 aliphatic carbocycles. The Morgan fingerprint density at radius 3 is 2.47 bits per heavy atom. The topological polar surface area (TPSA) is 21.6 Å². The van der Waals surface area contributed by atoms with Gasteiger partial charge in [-0.05, 0) is 6.92 Å². The Labute approximate surface area is 93.0 Å². The lowest BCUT2D eigenvalue weighted by molar-refractivity contribution is 0.213. The zero-order valence-corrected chi connectivity index (χ0v) is 9.25. The average Bonchev–Trinajstić information content (AvgIpc) is 2.28. The Balaban J connectivity index is 3.06. The molecule has 0 bridgehead atoms. The molecule has 1 aromatic carbocycles. The number of halogens is 2. The molecule has 0 spiro atoms. The maximum absolute atomic E-state index is 13.7. The van der Waals surface area contributed by atoms with Gasteiger partial charge in [-0.1, -0.05) is 47.1 Å². The first-order valence-electron chi connectivity index (χ1n) is 4.35. The van der Waals surface area contributed by atoms with E-state index < -0.39 is 5.83 Å². The first-order chi connectivity index (χ1) is 7.16. The fourth-order valence-electron chi connectivity index (χ4n) is 1.05. The highest BCUT2D eigenvalue weighted by Crippen LogP contribution is 2.23. The molecular formula is C11H11ClFNO. The molecule has 2 nitrogen and oxygen atoms in total. The molecule has 0 atom stereocenters. The van der Waals surface area contributed by atoms with Gasteiger partial charge >= 0.3 is 0 Å². The summed E-state index contributed by atoms with van der Waals surface area (Å²) in [4.78, 5) is 4.51. The lowest BCUT2D eigenvalue weighted by Crippen LogP contribution is -1.94. The molecule has 0 fully saturated rings. The summed E-state index contributed by atoms with van der Waals surface area (Å²) in [5.74, 6) is -0.504. The van der Waals surface area contributed by atoms with Crippen LogP contribution in [0.2, 0.25) is 0 Å². The van der Waals surface area contributed by atoms with E-state index in [4.69, 9.17) is 11.6 Å². The summed E-state index contributed by atoms with van der Waals surface area (Å²) in [5.41, 5.74) is 0.730. The Bertz CT molecular complexity index is 387. The van der Waals surface area contributed by atoms with Crippen LogP contribution in [0, 0.1) is 0 Å². The molecule has 80 valence electrons. The SMILES string of the molecule is CO/N=C(\C)C(Cl)=C(F)c1ccccc1. The van der Waals surface area contributed by atoms with Crippen molar-refractivity contribution in [1.82, 2.24) is 0 Å². The van der Waals surface area contributed by atoms with Crippen LogP contribution < -0.4 is 0 Å². The summed E-state index contributed by atoms with van der Waals surface area (Å²) < 4.78 is 13.7. The molecule has 1 rings (SSSR count). The predicted molar refractivity (Wildman–Crippen MR) is 60.4 cm³/mol. The molecule has 0 radical (unpaired) electrons. The smallest absolute Gasteiger partial charge is 0.150 e. The van der Waals surface area contributed by atoms with Crippen LogP contribution in [0.4, 0.5) is 4.39 Å². The third kappa shape index (κ3) is 3.06. The van der Waals surface area contributed by atoms with Crippen LogP contribution in [0.25, 0.3) is 5.83 Å². The van der Waals surface area contributed by atoms with Crippen molar-refractivity contribution in [3.63, 3.8) is 0 Å². The summed E-state index contributed by atoms with van der Waals surface area (Å²) in [6.07, 6.45) is 0. The molecule has 0 aromatic heterocycles. The van der Waals surface area contributed by atoms with Gasteiger partial charge in [0.05, 0.1) is 5.71 Å². The Morgan fingerprint density at radius 2 is 1.93 bits per heavy atom. The molecule has 0 saturated carbocycles. The molecule has 1 aromatic rings. The molecule has 0 amide bonds. The van der Waals surface area contributed by atoms with Crippen molar-refractivity contribution in [2.45, 2.75) is 6.92 Å². The van der Waals surface area contributed by atoms with Crippen molar-refractivity contribution >= 4 is 23.1 Å². The maximum Gasteiger partial charge on any atom is 0.150 e. The predicted octanol–water partition coefficient (Wildman–Crippen LogP) is 3.59. The van der Waals surface area contributed by atoms with E-state index in [9.17, 15) is 4.39 Å². The number of hydrogen-bond acceptors (Lipinski definition) is 2. The van der Waals surface area contributed by atoms with Gasteiger partial charge in [0, 0.05) is 5.56 Å². The second-order valence-electron chi connectivity index (χ2n) is 2.85. The van der Waals surface area contributed by atoms with Gasteiger partial charge in [0.1, 0.15) is 12.1 Å². The van der Waals surface area contributed by atoms with Gasteiger partial charge < -0.3 is 4.84 Å². The van der Waals surface area contributed by atoms with Crippen molar-refractivity contribution in [1.29, 1.82) is 0 Å². The fourth-order valence-corrected chi connectivity index (χ4v) is 1.19. The van der Waals surface area contributed by atoms with Crippen LogP contribution in [0.15, 0.2) is 40.5 Å². The zero-order valence-electron chi connectivity index (χ0n) is 8.50. The minimum atomic E-state index is -0.504. The van der Waals surface area contributed by atoms with E-state index in [-0.39, 0.29) is 5.03 Å². The summed E-state index contributed by atoms with van der Waals surface area (Å²) in [6, 6.07) is 8.56. The third-order valence-electron chi connectivity index (χ3n) is 1.77. The van der Waals surface area contributed by atoms with Crippen LogP contribution in [-0.2, 0) is 4.84 Å². The van der Waals surface area contributed by atoms with Crippen LogP contribution in [0.3, 0.4) is 0 Å². The second kappa shape index (κ2) is 5.51. The Morgan fingerprint density at radius 1 is 1.33 bits per heavy atom. The van der Waals surface area contributed by atoms with Crippen LogP contribution in [-0.4, -0.2) is 12.8 Å². The van der Waals surface area contributed by atoms with E-state index in [1.165, 1.54) is 7.11 Å². The van der Waals surface area contributed by atoms with E-state index in [1.54, 1.807) is 37.3 Å². The quantitative estimate of drug-likeness (QED) is 0.571. The number of allylic oxidation sites excluding steroid dienone is 1. The van der Waals surface area contributed by atoms with Gasteiger partial charge in [-0.3, -0.25) is 0 Å². The molecule has 0 saturated heterocycles. The van der Waals surface area contributed by atoms with E-state index in [0.717, 1.165) is 0 Å². The lowest BCUT2D eigenvalue weighted by Gasteiger charge is -2.01. The molecule has 0 unspecified atom stereocenters. The minimum Gasteiger partial charge on any atom is -0.399 e. The molecular weight excluding hydrogens is 217 g/mol. The minimum absolute atomic E-state index is 0.0388. The van der Waals surface area contributed by atoms with Gasteiger partial charge in [-0.2, -0.15) is 0 Å². The van der Waals surface area contributed by atoms with Gasteiger partial charge in [-0.15, -0.1) is 0 Å². The highest BCUT2D eigenvalue weighted by atomic mass is 35.5. The normalized spacial score (nSPS) is 13.5. The van der Waals surface area contributed by atoms with Crippen molar-refractivity contribution in [3.8, 4) is 0 Å². The van der Waals surface area contributed by atoms with Crippen LogP contribution >= 0.6 is 11.6 Å². The summed E-state index contributed by atoms with van der Waals surface area (Å²) in [5, 5.41) is 3.52. The molecule has 0 aliphatic rings. The molecule has 0 heterocycles. The van der Waals surface area contributed by atoms with Gasteiger partial charge in [0.2, 0.25) is 0 Å². The molecule has 15 heavy (non-hydrogen) atoms. The monoisotopic (exact) mass is 227 g/mol. The van der Waals surface area contributed by atoms with Crippen molar-refractivity contribution < 1.29 is 9.23 Å². The highest BCUT2D eigenvalue weighted by Gasteiger charge is 2.09. The number of oxime groups is 1. The van der Waals surface area contributed by atoms with E-state index >= 15 is 0 Å². The highest BCUT2D eigenvalue weighted by molar-refractivity contribution is 6.45. The standard InChI is InChI=1S/C11H11ClFNO/c1-8(14-15-2)10(12)11(13)9-6-4-3-5-7-9/h3-7H,1-2H3/b11-10?,14-8+. The summed E-state index contributed by atoms with van der Waals surface area (Å²) in [7, 11) is 1.38. The first-order valence-corrected chi connectivity index (χ1v) is 4.73. The molecule has 0 aliphatic heterocycles. The number of benzene rings is 1. The average molecular weight is 228 g/mol. The number of nitrogens with zero attached hydrogens (tertiary/aromatic N) is 1. The Hall–Kier alpha value is -1.35. The lowest BCUT2D eigenvalue weighted by atomic mass is 10.2. The van der Waals surface area contributed by atoms with Crippen molar-refractivity contribution in [3.05, 3.63) is 40.9 Å². The van der Waals surface area contributed by atoms with Crippen LogP contribution in [0.1, 0.15) is 12.5 Å². The summed E-state index contributed by atoms with van der Waals surface area (Å²) >= 11 is 5.79. The van der Waals surface area contributed by atoms with E-state index in [2.05, 4.69) is 9.99 Å². The van der Waals surface area contributed by atoms with Crippen molar-refractivity contribution in [2.24, 2.45) is 5.16 Å². The summed E-state index contributed by atoms with van der Waals surface area (Å²) in [6.45, 7) is 1.58. The second-order valence-corrected chi connectivity index (χ2v) is 3.23. The van der Waals surface area contributed by atoms with E-state index in [0.29, 0.717) is 11.3 Å². The van der Waals surface area contributed by atoms with E-state index in [1.807, 2.05) is 0 Å². The van der Waals surface area contributed by atoms with Gasteiger partial charge in [0.25, 0.3) is 0 Å². The largest absolute Gasteiger partial charge is 0.399 e. The maximum atomic E-state index is 13.7. The molecule has 0 N–H and O–H groups in total. The van der Waals surface area contributed by atoms with Crippen molar-refractivity contribution in [2.75, 3.05) is 7.11 Å². The Kier molecular flexibility index (Phi) is 4.31. The number of hydrogen-bond donors (Lipinski definition) is 0. The zero-order chi connectivity index (χ0) is 11.3.